The number of halogens is 1. The van der Waals surface area contributed by atoms with Crippen molar-refractivity contribution in [1.29, 1.82) is 0 Å². The van der Waals surface area contributed by atoms with Crippen molar-refractivity contribution in [3.05, 3.63) is 35.6 Å². The maximum absolute atomic E-state index is 12.9. The normalized spacial score (nSPS) is 10.2. The van der Waals surface area contributed by atoms with E-state index in [0.717, 1.165) is 5.56 Å². The molecular formula is C12H16FNO2. The van der Waals surface area contributed by atoms with E-state index in [9.17, 15) is 9.18 Å². The number of rotatable bonds is 5. The molecule has 3 nitrogen and oxygen atoms in total. The minimum atomic E-state index is -0.262. The molecule has 4 heteroatoms. The molecule has 0 radical (unpaired) electrons. The fraction of sp³-hybridized carbons (Fsp3) is 0.417. The number of carbonyl (C=O) groups is 1. The summed E-state index contributed by atoms with van der Waals surface area (Å²) in [7, 11) is 1.68. The van der Waals surface area contributed by atoms with E-state index in [0.29, 0.717) is 13.0 Å². The zero-order valence-electron chi connectivity index (χ0n) is 9.32. The average Bonchev–Trinajstić information content (AvgIpc) is 2.26. The molecule has 1 rings (SSSR count). The summed E-state index contributed by atoms with van der Waals surface area (Å²) >= 11 is 0. The summed E-state index contributed by atoms with van der Waals surface area (Å²) in [5.41, 5.74) is 0.864. The van der Waals surface area contributed by atoms with Crippen LogP contribution in [0.2, 0.25) is 0 Å². The molecule has 0 unspecified atom stereocenters. The van der Waals surface area contributed by atoms with Gasteiger partial charge in [-0.3, -0.25) is 4.79 Å². The number of nitrogens with zero attached hydrogens (tertiary/aromatic N) is 1. The average molecular weight is 225 g/mol. The van der Waals surface area contributed by atoms with Crippen LogP contribution >= 0.6 is 0 Å². The van der Waals surface area contributed by atoms with Gasteiger partial charge < -0.3 is 10.0 Å². The number of likely N-dealkylation sites (N-methyl/N-ethyl adjacent to an activating group) is 1. The number of hydrogen-bond donors (Lipinski definition) is 1. The zero-order valence-corrected chi connectivity index (χ0v) is 9.32. The summed E-state index contributed by atoms with van der Waals surface area (Å²) in [5, 5.41) is 8.61. The van der Waals surface area contributed by atoms with Gasteiger partial charge in [-0.25, -0.2) is 4.39 Å². The van der Waals surface area contributed by atoms with E-state index in [2.05, 4.69) is 0 Å². The minimum Gasteiger partial charge on any atom is -0.396 e. The summed E-state index contributed by atoms with van der Waals surface area (Å²) in [6.07, 6.45) is 0.755. The molecule has 1 N–H and O–H groups in total. The molecular weight excluding hydrogens is 209 g/mol. The van der Waals surface area contributed by atoms with Crippen molar-refractivity contribution in [3.63, 3.8) is 0 Å². The fourth-order valence-corrected chi connectivity index (χ4v) is 1.40. The summed E-state index contributed by atoms with van der Waals surface area (Å²) in [5.74, 6) is -0.360. The summed E-state index contributed by atoms with van der Waals surface area (Å²) < 4.78 is 12.9. The molecule has 0 heterocycles. The van der Waals surface area contributed by atoms with Crippen molar-refractivity contribution >= 4 is 5.91 Å². The van der Waals surface area contributed by atoms with Crippen LogP contribution in [0, 0.1) is 5.82 Å². The van der Waals surface area contributed by atoms with E-state index in [1.807, 2.05) is 6.07 Å². The van der Waals surface area contributed by atoms with Crippen molar-refractivity contribution in [2.24, 2.45) is 0 Å². The van der Waals surface area contributed by atoms with Gasteiger partial charge in [-0.1, -0.05) is 12.1 Å². The van der Waals surface area contributed by atoms with Gasteiger partial charge in [0.25, 0.3) is 0 Å². The molecule has 0 aliphatic heterocycles. The second-order valence-corrected chi connectivity index (χ2v) is 3.67. The monoisotopic (exact) mass is 225 g/mol. The fourth-order valence-electron chi connectivity index (χ4n) is 1.40. The van der Waals surface area contributed by atoms with Crippen molar-refractivity contribution in [1.82, 2.24) is 4.90 Å². The second-order valence-electron chi connectivity index (χ2n) is 3.67. The maximum Gasteiger partial charge on any atom is 0.224 e. The van der Waals surface area contributed by atoms with E-state index in [4.69, 9.17) is 5.11 Å². The number of hydrogen-bond acceptors (Lipinski definition) is 2. The minimum absolute atomic E-state index is 0.0982. The molecule has 0 spiro atoms. The molecule has 1 amide bonds. The first-order chi connectivity index (χ1) is 7.63. The summed E-state index contributed by atoms with van der Waals surface area (Å²) in [6.45, 7) is 0.394. The number of carbonyl (C=O) groups excluding carboxylic acids is 1. The van der Waals surface area contributed by atoms with E-state index in [-0.39, 0.29) is 24.8 Å². The van der Waals surface area contributed by atoms with Crippen molar-refractivity contribution in [2.75, 3.05) is 20.2 Å². The van der Waals surface area contributed by atoms with Crippen LogP contribution in [-0.2, 0) is 11.2 Å². The molecule has 0 fully saturated rings. The van der Waals surface area contributed by atoms with Gasteiger partial charge >= 0.3 is 0 Å². The Kier molecular flexibility index (Phi) is 4.92. The van der Waals surface area contributed by atoms with E-state index in [1.54, 1.807) is 18.0 Å². The molecule has 0 aliphatic carbocycles. The smallest absolute Gasteiger partial charge is 0.224 e. The van der Waals surface area contributed by atoms with Crippen LogP contribution in [0.15, 0.2) is 24.3 Å². The van der Waals surface area contributed by atoms with Gasteiger partial charge in [0, 0.05) is 20.0 Å². The Hall–Kier alpha value is -1.42. The third-order valence-corrected chi connectivity index (χ3v) is 2.38. The van der Waals surface area contributed by atoms with Crippen LogP contribution in [0.25, 0.3) is 0 Å². The van der Waals surface area contributed by atoms with E-state index >= 15 is 0 Å². The van der Waals surface area contributed by atoms with Crippen molar-refractivity contribution < 1.29 is 14.3 Å². The number of amides is 1. The Morgan fingerprint density at radius 2 is 2.25 bits per heavy atom. The topological polar surface area (TPSA) is 40.5 Å². The lowest BCUT2D eigenvalue weighted by Crippen LogP contribution is -2.29. The van der Waals surface area contributed by atoms with Crippen LogP contribution in [0.5, 0.6) is 0 Å². The maximum atomic E-state index is 12.9. The molecule has 0 bridgehead atoms. The first-order valence-corrected chi connectivity index (χ1v) is 5.22. The highest BCUT2D eigenvalue weighted by molar-refractivity contribution is 5.75. The molecule has 0 aliphatic rings. The Bertz CT molecular complexity index is 355. The van der Waals surface area contributed by atoms with Crippen LogP contribution in [-0.4, -0.2) is 36.1 Å². The highest BCUT2D eigenvalue weighted by Crippen LogP contribution is 2.05. The van der Waals surface area contributed by atoms with Gasteiger partial charge in [0.2, 0.25) is 5.91 Å². The molecule has 1 aromatic rings. The molecule has 16 heavy (non-hydrogen) atoms. The Morgan fingerprint density at radius 1 is 1.50 bits per heavy atom. The molecule has 0 atom stereocenters. The number of aliphatic hydroxyl groups is 1. The third kappa shape index (κ3) is 3.98. The van der Waals surface area contributed by atoms with Gasteiger partial charge in [0.15, 0.2) is 0 Å². The predicted molar refractivity (Wildman–Crippen MR) is 59.4 cm³/mol. The van der Waals surface area contributed by atoms with Gasteiger partial charge in [-0.15, -0.1) is 0 Å². The lowest BCUT2D eigenvalue weighted by molar-refractivity contribution is -0.130. The zero-order chi connectivity index (χ0) is 12.0. The van der Waals surface area contributed by atoms with Gasteiger partial charge in [0.1, 0.15) is 5.82 Å². The summed E-state index contributed by atoms with van der Waals surface area (Å²) in [4.78, 5) is 12.9. The van der Waals surface area contributed by atoms with Crippen LogP contribution in [0.3, 0.4) is 0 Å². The lowest BCUT2D eigenvalue weighted by atomic mass is 10.1. The third-order valence-electron chi connectivity index (χ3n) is 2.38. The second kappa shape index (κ2) is 6.23. The highest BCUT2D eigenvalue weighted by atomic mass is 19.1. The van der Waals surface area contributed by atoms with E-state index < -0.39 is 0 Å². The first-order valence-electron chi connectivity index (χ1n) is 5.22. The summed E-state index contributed by atoms with van der Waals surface area (Å²) in [6, 6.07) is 6.34. The standard InChI is InChI=1S/C12H16FNO2/c1-14(12(16)6-8-15)7-5-10-3-2-4-11(13)9-10/h2-4,9,15H,5-8H2,1H3. The van der Waals surface area contributed by atoms with Gasteiger partial charge in [0.05, 0.1) is 6.61 Å². The quantitative estimate of drug-likeness (QED) is 0.818. The van der Waals surface area contributed by atoms with Crippen molar-refractivity contribution in [3.8, 4) is 0 Å². The first kappa shape index (κ1) is 12.6. The lowest BCUT2D eigenvalue weighted by Gasteiger charge is -2.16. The van der Waals surface area contributed by atoms with Gasteiger partial charge in [-0.05, 0) is 24.1 Å². The number of benzene rings is 1. The van der Waals surface area contributed by atoms with E-state index in [1.165, 1.54) is 12.1 Å². The largest absolute Gasteiger partial charge is 0.396 e. The SMILES string of the molecule is CN(CCc1cccc(F)c1)C(=O)CCO. The molecule has 0 saturated heterocycles. The predicted octanol–water partition coefficient (Wildman–Crippen LogP) is 1.21. The Balaban J connectivity index is 2.42. The van der Waals surface area contributed by atoms with Gasteiger partial charge in [-0.2, -0.15) is 0 Å². The van der Waals surface area contributed by atoms with Crippen LogP contribution in [0.1, 0.15) is 12.0 Å². The number of aliphatic hydroxyl groups excluding tert-OH is 1. The molecule has 0 aromatic heterocycles. The van der Waals surface area contributed by atoms with Crippen molar-refractivity contribution in [2.45, 2.75) is 12.8 Å². The molecule has 0 saturated carbocycles. The van der Waals surface area contributed by atoms with Crippen LogP contribution in [0.4, 0.5) is 4.39 Å². The Labute approximate surface area is 94.5 Å². The molecule has 88 valence electrons. The van der Waals surface area contributed by atoms with Crippen LogP contribution < -0.4 is 0 Å². The Morgan fingerprint density at radius 3 is 2.88 bits per heavy atom. The molecule has 1 aromatic carbocycles. The highest BCUT2D eigenvalue weighted by Gasteiger charge is 2.07.